The molecule has 13 nitrogen and oxygen atoms in total. The number of nitrogens with two attached hydrogens (primary N) is 1. The molecule has 1 spiro atoms. The van der Waals surface area contributed by atoms with E-state index in [0.717, 1.165) is 0 Å². The summed E-state index contributed by atoms with van der Waals surface area (Å²) in [5.74, 6) is -0.409. The van der Waals surface area contributed by atoms with E-state index in [2.05, 4.69) is 20.6 Å². The number of carbonyl (C=O) groups excluding carboxylic acids is 3. The molecule has 39 heavy (non-hydrogen) atoms. The summed E-state index contributed by atoms with van der Waals surface area (Å²) in [6.45, 7) is 7.75. The first-order chi connectivity index (χ1) is 18.3. The summed E-state index contributed by atoms with van der Waals surface area (Å²) in [6, 6.07) is 1.59. The molecule has 1 aliphatic carbocycles. The van der Waals surface area contributed by atoms with Crippen LogP contribution >= 0.6 is 0 Å². The number of primary amides is 1. The van der Waals surface area contributed by atoms with Gasteiger partial charge in [-0.15, -0.1) is 0 Å². The zero-order chi connectivity index (χ0) is 28.3. The summed E-state index contributed by atoms with van der Waals surface area (Å²) in [5.41, 5.74) is 4.08. The highest BCUT2D eigenvalue weighted by atomic mass is 16.6. The molecule has 13 heteroatoms. The van der Waals surface area contributed by atoms with Gasteiger partial charge in [0.25, 0.3) is 11.5 Å². The van der Waals surface area contributed by atoms with Gasteiger partial charge < -0.3 is 30.7 Å². The molecule has 4 heterocycles. The molecule has 4 N–H and O–H groups in total. The van der Waals surface area contributed by atoms with Gasteiger partial charge in [0.1, 0.15) is 34.7 Å². The van der Waals surface area contributed by atoms with Gasteiger partial charge in [-0.25, -0.2) is 14.8 Å². The molecule has 3 amide bonds. The molecule has 2 aromatic heterocycles. The van der Waals surface area contributed by atoms with E-state index < -0.39 is 34.2 Å². The van der Waals surface area contributed by atoms with Crippen molar-refractivity contribution >= 4 is 29.4 Å². The van der Waals surface area contributed by atoms with Crippen LogP contribution in [0.25, 0.3) is 0 Å². The van der Waals surface area contributed by atoms with Crippen molar-refractivity contribution in [2.45, 2.75) is 70.1 Å². The van der Waals surface area contributed by atoms with Gasteiger partial charge in [0.2, 0.25) is 5.91 Å². The minimum Gasteiger partial charge on any atom is -0.491 e. The lowest BCUT2D eigenvalue weighted by molar-refractivity contribution is -0.120. The Hall–Kier alpha value is -4.16. The Labute approximate surface area is 225 Å². The van der Waals surface area contributed by atoms with Gasteiger partial charge in [0.15, 0.2) is 11.6 Å². The van der Waals surface area contributed by atoms with Gasteiger partial charge in [0, 0.05) is 25.9 Å². The number of rotatable bonds is 5. The summed E-state index contributed by atoms with van der Waals surface area (Å²) in [7, 11) is 1.43. The van der Waals surface area contributed by atoms with Crippen LogP contribution in [0.1, 0.15) is 68.2 Å². The second-order valence-electron chi connectivity index (χ2n) is 11.4. The molecule has 0 radical (unpaired) electrons. The van der Waals surface area contributed by atoms with E-state index in [9.17, 15) is 19.2 Å². The first kappa shape index (κ1) is 26.4. The van der Waals surface area contributed by atoms with Crippen LogP contribution in [0, 0.1) is 6.92 Å². The minimum atomic E-state index is -0.991. The van der Waals surface area contributed by atoms with E-state index in [4.69, 9.17) is 15.2 Å². The average Bonchev–Trinajstić information content (AvgIpc) is 3.62. The SMILES string of the molecule is COc1c(Nc2cc(C)c3n(c2=O)C2(CCN(C(=O)OC(C)(C)C)CC2)NC3=O)ncnc1C1(C(N)=O)CC1. The highest BCUT2D eigenvalue weighted by Crippen LogP contribution is 2.51. The molecule has 0 unspecified atom stereocenters. The number of piperidine rings is 1. The maximum atomic E-state index is 13.9. The van der Waals surface area contributed by atoms with Crippen molar-refractivity contribution < 1.29 is 23.9 Å². The Morgan fingerprint density at radius 3 is 2.36 bits per heavy atom. The summed E-state index contributed by atoms with van der Waals surface area (Å²) in [5, 5.41) is 6.05. The molecule has 2 aromatic rings. The third-order valence-electron chi connectivity index (χ3n) is 7.56. The number of likely N-dealkylation sites (tertiary alicyclic amines) is 1. The average molecular weight is 540 g/mol. The van der Waals surface area contributed by atoms with Crippen molar-refractivity contribution in [3.63, 3.8) is 0 Å². The lowest BCUT2D eigenvalue weighted by Gasteiger charge is -2.40. The molecule has 5 rings (SSSR count). The Balaban J connectivity index is 1.49. The zero-order valence-corrected chi connectivity index (χ0v) is 22.7. The predicted molar refractivity (Wildman–Crippen MR) is 140 cm³/mol. The van der Waals surface area contributed by atoms with Crippen LogP contribution in [0.4, 0.5) is 16.3 Å². The van der Waals surface area contributed by atoms with Crippen LogP contribution in [0.15, 0.2) is 17.2 Å². The number of amides is 3. The number of hydrogen-bond donors (Lipinski definition) is 3. The fraction of sp³-hybridized carbons (Fsp3) is 0.538. The summed E-state index contributed by atoms with van der Waals surface area (Å²) < 4.78 is 12.5. The van der Waals surface area contributed by atoms with Crippen LogP contribution < -0.4 is 26.7 Å². The summed E-state index contributed by atoms with van der Waals surface area (Å²) >= 11 is 0. The largest absolute Gasteiger partial charge is 0.491 e. The topological polar surface area (TPSA) is 171 Å². The Bertz CT molecular complexity index is 1430. The van der Waals surface area contributed by atoms with Crippen molar-refractivity contribution in [2.75, 3.05) is 25.5 Å². The summed E-state index contributed by atoms with van der Waals surface area (Å²) in [4.78, 5) is 61.8. The standard InChI is InChI=1S/C26H33N7O6/c1-14-12-15(30-19-17(38-5)18(28-13-29-19)25(6-7-25)22(27)36)21(35)33-16(14)20(34)31-26(33)8-10-32(11-9-26)23(37)39-24(2,3)4/h12-13H,6-11H2,1-5H3,(H2,27,36)(H,31,34)(H,28,29,30). The molecule has 1 saturated carbocycles. The number of ether oxygens (including phenoxy) is 2. The second kappa shape index (κ2) is 8.95. The number of pyridine rings is 1. The molecular weight excluding hydrogens is 506 g/mol. The van der Waals surface area contributed by atoms with Gasteiger partial charge in [-0.2, -0.15) is 0 Å². The van der Waals surface area contributed by atoms with E-state index >= 15 is 0 Å². The van der Waals surface area contributed by atoms with E-state index in [0.29, 0.717) is 50.0 Å². The number of methoxy groups -OCH3 is 1. The van der Waals surface area contributed by atoms with Crippen LogP contribution in [0.3, 0.4) is 0 Å². The van der Waals surface area contributed by atoms with E-state index in [1.54, 1.807) is 38.7 Å². The van der Waals surface area contributed by atoms with Gasteiger partial charge in [-0.05, 0) is 52.2 Å². The van der Waals surface area contributed by atoms with E-state index in [1.165, 1.54) is 18.0 Å². The number of carbonyl (C=O) groups is 3. The van der Waals surface area contributed by atoms with E-state index in [1.807, 2.05) is 0 Å². The second-order valence-corrected chi connectivity index (χ2v) is 11.4. The quantitative estimate of drug-likeness (QED) is 0.511. The molecule has 208 valence electrons. The minimum absolute atomic E-state index is 0.175. The third-order valence-corrected chi connectivity index (χ3v) is 7.56. The Morgan fingerprint density at radius 1 is 1.13 bits per heavy atom. The van der Waals surface area contributed by atoms with Crippen LogP contribution in [0.2, 0.25) is 0 Å². The molecule has 0 atom stereocenters. The number of aromatic nitrogens is 3. The third kappa shape index (κ3) is 4.35. The highest BCUT2D eigenvalue weighted by Gasteiger charge is 2.54. The first-order valence-corrected chi connectivity index (χ1v) is 12.9. The predicted octanol–water partition coefficient (Wildman–Crippen LogP) is 1.64. The van der Waals surface area contributed by atoms with E-state index in [-0.39, 0.29) is 28.9 Å². The van der Waals surface area contributed by atoms with Crippen molar-refractivity contribution in [1.82, 2.24) is 24.8 Å². The number of fused-ring (bicyclic) bond motifs is 2. The maximum absolute atomic E-state index is 13.9. The normalized spacial score (nSPS) is 18.8. The lowest BCUT2D eigenvalue weighted by Crippen LogP contribution is -2.56. The summed E-state index contributed by atoms with van der Waals surface area (Å²) in [6.07, 6.45) is 2.61. The molecule has 0 bridgehead atoms. The van der Waals surface area contributed by atoms with Crippen molar-refractivity contribution in [2.24, 2.45) is 5.73 Å². The molecule has 3 aliphatic rings. The number of anilines is 2. The van der Waals surface area contributed by atoms with Crippen molar-refractivity contribution in [1.29, 1.82) is 0 Å². The Morgan fingerprint density at radius 2 is 1.79 bits per heavy atom. The van der Waals surface area contributed by atoms with Crippen LogP contribution in [-0.4, -0.2) is 63.1 Å². The molecule has 1 saturated heterocycles. The zero-order valence-electron chi connectivity index (χ0n) is 22.7. The number of nitrogens with one attached hydrogen (secondary N) is 2. The molecule has 2 aliphatic heterocycles. The van der Waals surface area contributed by atoms with Crippen LogP contribution in [-0.2, 0) is 20.6 Å². The van der Waals surface area contributed by atoms with Crippen molar-refractivity contribution in [3.8, 4) is 5.75 Å². The Kier molecular flexibility index (Phi) is 6.07. The maximum Gasteiger partial charge on any atom is 0.410 e. The first-order valence-electron chi connectivity index (χ1n) is 12.9. The molecule has 0 aromatic carbocycles. The lowest BCUT2D eigenvalue weighted by atomic mass is 9.97. The van der Waals surface area contributed by atoms with Crippen molar-refractivity contribution in [3.05, 3.63) is 39.7 Å². The van der Waals surface area contributed by atoms with Crippen LogP contribution in [0.5, 0.6) is 5.75 Å². The monoisotopic (exact) mass is 539 g/mol. The molecule has 2 fully saturated rings. The molecular formula is C26H33N7O6. The van der Waals surface area contributed by atoms with Gasteiger partial charge in [0.05, 0.1) is 12.5 Å². The van der Waals surface area contributed by atoms with Gasteiger partial charge in [-0.1, -0.05) is 0 Å². The fourth-order valence-electron chi connectivity index (χ4n) is 5.43. The number of aryl methyl sites for hydroxylation is 1. The van der Waals surface area contributed by atoms with Gasteiger partial charge in [-0.3, -0.25) is 19.0 Å². The highest BCUT2D eigenvalue weighted by molar-refractivity contribution is 5.97. The smallest absolute Gasteiger partial charge is 0.410 e. The van der Waals surface area contributed by atoms with Gasteiger partial charge >= 0.3 is 6.09 Å². The number of hydrogen-bond acceptors (Lipinski definition) is 9. The fourth-order valence-corrected chi connectivity index (χ4v) is 5.43. The number of nitrogens with zero attached hydrogens (tertiary/aromatic N) is 4.